The van der Waals surface area contributed by atoms with E-state index >= 15 is 0 Å². The number of hydrogen-bond acceptors (Lipinski definition) is 2. The Kier molecular flexibility index (Phi) is 3.41. The summed E-state index contributed by atoms with van der Waals surface area (Å²) in [6.07, 6.45) is 8.29. The molecule has 23 heavy (non-hydrogen) atoms. The molecule has 1 saturated heterocycles. The lowest BCUT2D eigenvalue weighted by Crippen LogP contribution is -2.32. The zero-order chi connectivity index (χ0) is 15.8. The number of fused-ring (bicyclic) bond motifs is 1. The predicted molar refractivity (Wildman–Crippen MR) is 88.1 cm³/mol. The fourth-order valence-corrected chi connectivity index (χ4v) is 3.49. The summed E-state index contributed by atoms with van der Waals surface area (Å²) < 4.78 is 1.99. The molecule has 0 unspecified atom stereocenters. The lowest BCUT2D eigenvalue weighted by atomic mass is 10.1. The van der Waals surface area contributed by atoms with Gasteiger partial charge in [0.15, 0.2) is 0 Å². The molecule has 0 spiro atoms. The summed E-state index contributed by atoms with van der Waals surface area (Å²) in [5, 5.41) is 0. The minimum Gasteiger partial charge on any atom is -0.363 e. The zero-order valence-electron chi connectivity index (χ0n) is 13.2. The van der Waals surface area contributed by atoms with Crippen LogP contribution in [0, 0.1) is 6.92 Å². The average molecular weight is 308 g/mol. The molecule has 4 rings (SSSR count). The third-order valence-electron chi connectivity index (χ3n) is 4.61. The van der Waals surface area contributed by atoms with Crippen molar-refractivity contribution in [2.75, 3.05) is 6.54 Å². The number of hydrogen-bond donors (Lipinski definition) is 1. The van der Waals surface area contributed by atoms with Gasteiger partial charge in [0.05, 0.1) is 18.2 Å². The molecule has 5 heteroatoms. The number of nitrogens with one attached hydrogen (secondary N) is 1. The van der Waals surface area contributed by atoms with Gasteiger partial charge in [0.1, 0.15) is 5.65 Å². The number of rotatable bonds is 3. The van der Waals surface area contributed by atoms with Crippen LogP contribution in [0.25, 0.3) is 5.65 Å². The lowest BCUT2D eigenvalue weighted by molar-refractivity contribution is -0.131. The smallest absolute Gasteiger partial charge is 0.229 e. The van der Waals surface area contributed by atoms with Gasteiger partial charge >= 0.3 is 0 Å². The highest BCUT2D eigenvalue weighted by Gasteiger charge is 2.30. The van der Waals surface area contributed by atoms with E-state index in [1.54, 1.807) is 0 Å². The first-order chi connectivity index (χ1) is 11.2. The van der Waals surface area contributed by atoms with E-state index in [1.807, 2.05) is 53.0 Å². The number of carbonyl (C=O) groups is 1. The molecular weight excluding hydrogens is 288 g/mol. The van der Waals surface area contributed by atoms with Crippen molar-refractivity contribution < 1.29 is 4.79 Å². The van der Waals surface area contributed by atoms with Gasteiger partial charge in [0.2, 0.25) is 5.91 Å². The van der Waals surface area contributed by atoms with Gasteiger partial charge < -0.3 is 14.3 Å². The predicted octanol–water partition coefficient (Wildman–Crippen LogP) is 2.88. The zero-order valence-corrected chi connectivity index (χ0v) is 13.2. The van der Waals surface area contributed by atoms with Crippen molar-refractivity contribution >= 4 is 11.6 Å². The number of H-pyrrole nitrogens is 1. The fourth-order valence-electron chi connectivity index (χ4n) is 3.49. The summed E-state index contributed by atoms with van der Waals surface area (Å²) in [5.74, 6) is 0.156. The van der Waals surface area contributed by atoms with Gasteiger partial charge in [-0.15, -0.1) is 0 Å². The molecule has 0 radical (unpaired) electrons. The minimum absolute atomic E-state index is 0.156. The SMILES string of the molecule is Cc1cccn2cc(CC(=O)N3CCC[C@@H]3c3ccc[nH]3)nc12. The van der Waals surface area contributed by atoms with Crippen molar-refractivity contribution in [3.05, 3.63) is 59.8 Å². The standard InChI is InChI=1S/C18H20N4O/c1-13-5-3-9-21-12-14(20-18(13)21)11-17(23)22-10-4-7-16(22)15-6-2-8-19-15/h2-3,5-6,8-9,12,16,19H,4,7,10-11H2,1H3/t16-/m1/s1. The van der Waals surface area contributed by atoms with Crippen molar-refractivity contribution in [2.24, 2.45) is 0 Å². The first-order valence-corrected chi connectivity index (χ1v) is 8.08. The average Bonchev–Trinajstić information content (AvgIpc) is 3.27. The molecule has 118 valence electrons. The molecule has 0 aromatic carbocycles. The Morgan fingerprint density at radius 1 is 1.39 bits per heavy atom. The molecule has 4 heterocycles. The number of imidazole rings is 1. The van der Waals surface area contributed by atoms with Gasteiger partial charge in [0, 0.05) is 30.8 Å². The number of nitrogens with zero attached hydrogens (tertiary/aromatic N) is 3. The normalized spacial score (nSPS) is 18.0. The van der Waals surface area contributed by atoms with E-state index in [-0.39, 0.29) is 11.9 Å². The Labute approximate surface area is 135 Å². The van der Waals surface area contributed by atoms with Crippen molar-refractivity contribution in [2.45, 2.75) is 32.2 Å². The van der Waals surface area contributed by atoms with Gasteiger partial charge in [-0.3, -0.25) is 4.79 Å². The number of amides is 1. The quantitative estimate of drug-likeness (QED) is 0.809. The van der Waals surface area contributed by atoms with Crippen LogP contribution in [0.15, 0.2) is 42.9 Å². The van der Waals surface area contributed by atoms with Gasteiger partial charge in [-0.2, -0.15) is 0 Å². The molecule has 0 saturated carbocycles. The fraction of sp³-hybridized carbons (Fsp3) is 0.333. The topological polar surface area (TPSA) is 53.4 Å². The van der Waals surface area contributed by atoms with Gasteiger partial charge in [0.25, 0.3) is 0 Å². The van der Waals surface area contributed by atoms with Crippen LogP contribution in [0.1, 0.15) is 35.8 Å². The number of pyridine rings is 1. The molecule has 1 aliphatic heterocycles. The van der Waals surface area contributed by atoms with Crippen molar-refractivity contribution in [1.82, 2.24) is 19.3 Å². The Morgan fingerprint density at radius 2 is 2.30 bits per heavy atom. The second kappa shape index (κ2) is 5.57. The van der Waals surface area contributed by atoms with Crippen LogP contribution in [0.3, 0.4) is 0 Å². The van der Waals surface area contributed by atoms with E-state index in [0.717, 1.165) is 42.0 Å². The Balaban J connectivity index is 1.55. The molecule has 5 nitrogen and oxygen atoms in total. The molecule has 1 amide bonds. The molecule has 0 aliphatic carbocycles. The van der Waals surface area contributed by atoms with E-state index in [9.17, 15) is 4.79 Å². The second-order valence-corrected chi connectivity index (χ2v) is 6.20. The maximum atomic E-state index is 12.7. The third kappa shape index (κ3) is 2.52. The molecular formula is C18H20N4O. The van der Waals surface area contributed by atoms with Gasteiger partial charge in [-0.05, 0) is 43.5 Å². The molecule has 1 N–H and O–H groups in total. The molecule has 3 aromatic rings. The van der Waals surface area contributed by atoms with Crippen LogP contribution in [0.2, 0.25) is 0 Å². The van der Waals surface area contributed by atoms with Crippen LogP contribution in [0.5, 0.6) is 0 Å². The van der Waals surface area contributed by atoms with Crippen LogP contribution >= 0.6 is 0 Å². The van der Waals surface area contributed by atoms with Crippen LogP contribution < -0.4 is 0 Å². The Morgan fingerprint density at radius 3 is 3.09 bits per heavy atom. The largest absolute Gasteiger partial charge is 0.363 e. The van der Waals surface area contributed by atoms with E-state index in [0.29, 0.717) is 6.42 Å². The summed E-state index contributed by atoms with van der Waals surface area (Å²) >= 11 is 0. The first kappa shape index (κ1) is 14.1. The monoisotopic (exact) mass is 308 g/mol. The highest BCUT2D eigenvalue weighted by atomic mass is 16.2. The number of carbonyl (C=O) groups excluding carboxylic acids is 1. The minimum atomic E-state index is 0.156. The summed E-state index contributed by atoms with van der Waals surface area (Å²) in [5.41, 5.74) is 4.01. The van der Waals surface area contributed by atoms with E-state index in [2.05, 4.69) is 16.0 Å². The maximum Gasteiger partial charge on any atom is 0.229 e. The summed E-state index contributed by atoms with van der Waals surface area (Å²) in [4.78, 5) is 22.6. The summed E-state index contributed by atoms with van der Waals surface area (Å²) in [6.45, 7) is 2.87. The Hall–Kier alpha value is -2.56. The second-order valence-electron chi connectivity index (χ2n) is 6.20. The highest BCUT2D eigenvalue weighted by molar-refractivity contribution is 5.79. The third-order valence-corrected chi connectivity index (χ3v) is 4.61. The molecule has 3 aromatic heterocycles. The molecule has 1 aliphatic rings. The first-order valence-electron chi connectivity index (χ1n) is 8.08. The summed E-state index contributed by atoms with van der Waals surface area (Å²) in [6, 6.07) is 8.26. The summed E-state index contributed by atoms with van der Waals surface area (Å²) in [7, 11) is 0. The van der Waals surface area contributed by atoms with E-state index < -0.39 is 0 Å². The van der Waals surface area contributed by atoms with Crippen LogP contribution in [-0.4, -0.2) is 31.7 Å². The van der Waals surface area contributed by atoms with Crippen molar-refractivity contribution in [3.63, 3.8) is 0 Å². The van der Waals surface area contributed by atoms with Crippen molar-refractivity contribution in [1.29, 1.82) is 0 Å². The number of aromatic nitrogens is 3. The molecule has 1 atom stereocenters. The number of likely N-dealkylation sites (tertiary alicyclic amines) is 1. The van der Waals surface area contributed by atoms with E-state index in [4.69, 9.17) is 0 Å². The van der Waals surface area contributed by atoms with Gasteiger partial charge in [-0.1, -0.05) is 6.07 Å². The van der Waals surface area contributed by atoms with Crippen LogP contribution in [-0.2, 0) is 11.2 Å². The van der Waals surface area contributed by atoms with Crippen LogP contribution in [0.4, 0.5) is 0 Å². The Bertz CT molecular complexity index is 834. The van der Waals surface area contributed by atoms with Crippen molar-refractivity contribution in [3.8, 4) is 0 Å². The number of aromatic amines is 1. The molecule has 0 bridgehead atoms. The van der Waals surface area contributed by atoms with E-state index in [1.165, 1.54) is 0 Å². The van der Waals surface area contributed by atoms with Gasteiger partial charge in [-0.25, -0.2) is 4.98 Å². The lowest BCUT2D eigenvalue weighted by Gasteiger charge is -2.23. The molecule has 1 fully saturated rings. The highest BCUT2D eigenvalue weighted by Crippen LogP contribution is 2.31. The number of aryl methyl sites for hydroxylation is 1. The maximum absolute atomic E-state index is 12.7.